The Labute approximate surface area is 159 Å². The minimum absolute atomic E-state index is 0.0110. The number of carbonyl (C=O) groups excluding carboxylic acids is 1. The largest absolute Gasteiger partial charge is 0.454 e. The average Bonchev–Trinajstić information content (AvgIpc) is 3.14. The number of aryl methyl sites for hydroxylation is 2. The van der Waals surface area contributed by atoms with Crippen LogP contribution in [-0.4, -0.2) is 39.0 Å². The molecule has 4 rings (SSSR count). The first-order chi connectivity index (χ1) is 13.1. The number of anilines is 1. The Morgan fingerprint density at radius 3 is 2.48 bits per heavy atom. The molecule has 0 aromatic heterocycles. The van der Waals surface area contributed by atoms with Crippen LogP contribution in [0.4, 0.5) is 5.69 Å². The number of carbonyl (C=O) groups is 1. The van der Waals surface area contributed by atoms with Gasteiger partial charge in [0.05, 0.1) is 13.2 Å². The van der Waals surface area contributed by atoms with E-state index in [9.17, 15) is 4.79 Å². The van der Waals surface area contributed by atoms with Gasteiger partial charge >= 0.3 is 0 Å². The normalized spacial score (nSPS) is 17.6. The molecule has 6 nitrogen and oxygen atoms in total. The summed E-state index contributed by atoms with van der Waals surface area (Å²) < 4.78 is 16.4. The fraction of sp³-hybridized carbons (Fsp3) is 0.381. The molecule has 0 unspecified atom stereocenters. The van der Waals surface area contributed by atoms with Gasteiger partial charge in [0.1, 0.15) is 13.1 Å². The van der Waals surface area contributed by atoms with E-state index in [1.165, 1.54) is 4.90 Å². The van der Waals surface area contributed by atoms with Crippen molar-refractivity contribution in [3.63, 3.8) is 0 Å². The lowest BCUT2D eigenvalue weighted by molar-refractivity contribution is -0.929. The molecule has 27 heavy (non-hydrogen) atoms. The van der Waals surface area contributed by atoms with Gasteiger partial charge in [0.2, 0.25) is 6.79 Å². The summed E-state index contributed by atoms with van der Waals surface area (Å²) in [6.45, 7) is 7.15. The monoisotopic (exact) mass is 369 g/mol. The molecule has 2 aromatic rings. The summed E-state index contributed by atoms with van der Waals surface area (Å²) in [7, 11) is 0. The lowest BCUT2D eigenvalue weighted by Gasteiger charge is -2.31. The quantitative estimate of drug-likeness (QED) is 0.860. The van der Waals surface area contributed by atoms with Crippen molar-refractivity contribution < 1.29 is 23.9 Å². The molecule has 2 heterocycles. The molecule has 0 radical (unpaired) electrons. The molecule has 1 saturated heterocycles. The first kappa shape index (κ1) is 17.8. The van der Waals surface area contributed by atoms with Crippen LogP contribution >= 0.6 is 0 Å². The molecule has 2 aromatic carbocycles. The van der Waals surface area contributed by atoms with Gasteiger partial charge in [0.25, 0.3) is 5.91 Å². The van der Waals surface area contributed by atoms with Crippen LogP contribution in [0.3, 0.4) is 0 Å². The topological polar surface area (TPSA) is 61.2 Å². The van der Waals surface area contributed by atoms with E-state index < -0.39 is 0 Å². The van der Waals surface area contributed by atoms with Gasteiger partial charge in [-0.1, -0.05) is 18.2 Å². The maximum atomic E-state index is 13.4. The third kappa shape index (κ3) is 3.63. The molecule has 6 heteroatoms. The van der Waals surface area contributed by atoms with Crippen LogP contribution < -0.4 is 19.7 Å². The minimum atomic E-state index is -0.331. The van der Waals surface area contributed by atoms with Crippen molar-refractivity contribution in [1.82, 2.24) is 0 Å². The van der Waals surface area contributed by atoms with E-state index in [0.717, 1.165) is 41.2 Å². The zero-order valence-corrected chi connectivity index (χ0v) is 15.7. The Bertz CT molecular complexity index is 826. The summed E-state index contributed by atoms with van der Waals surface area (Å²) in [5.41, 5.74) is 3.94. The molecular formula is C21H25N2O4+. The summed E-state index contributed by atoms with van der Waals surface area (Å²) in [4.78, 5) is 14.6. The molecule has 1 amide bonds. The summed E-state index contributed by atoms with van der Waals surface area (Å²) in [6.07, 6.45) is 0. The van der Waals surface area contributed by atoms with E-state index in [2.05, 4.69) is 5.32 Å². The number of fused-ring (bicyclic) bond motifs is 1. The first-order valence-electron chi connectivity index (χ1n) is 9.32. The summed E-state index contributed by atoms with van der Waals surface area (Å²) in [6, 6.07) is 11.5. The van der Waals surface area contributed by atoms with E-state index in [1.807, 2.05) is 50.2 Å². The van der Waals surface area contributed by atoms with Crippen LogP contribution in [0.2, 0.25) is 0 Å². The lowest BCUT2D eigenvalue weighted by atomic mass is 10.0. The van der Waals surface area contributed by atoms with Gasteiger partial charge in [-0.05, 0) is 43.2 Å². The zero-order valence-electron chi connectivity index (χ0n) is 15.7. The highest BCUT2D eigenvalue weighted by Gasteiger charge is 2.34. The molecule has 0 aliphatic carbocycles. The fourth-order valence-corrected chi connectivity index (χ4v) is 3.79. The van der Waals surface area contributed by atoms with Crippen LogP contribution in [0.15, 0.2) is 36.4 Å². The van der Waals surface area contributed by atoms with E-state index in [-0.39, 0.29) is 18.7 Å². The number of ether oxygens (including phenoxy) is 3. The highest BCUT2D eigenvalue weighted by atomic mass is 16.7. The summed E-state index contributed by atoms with van der Waals surface area (Å²) in [5, 5.41) is 3.17. The highest BCUT2D eigenvalue weighted by molar-refractivity contribution is 5.96. The molecule has 2 aliphatic heterocycles. The number of hydrogen-bond acceptors (Lipinski definition) is 4. The van der Waals surface area contributed by atoms with E-state index in [0.29, 0.717) is 19.0 Å². The molecule has 2 aliphatic rings. The number of quaternary nitrogens is 1. The molecular weight excluding hydrogens is 344 g/mol. The van der Waals surface area contributed by atoms with Gasteiger partial charge < -0.3 is 24.4 Å². The second kappa shape index (κ2) is 7.58. The second-order valence-electron chi connectivity index (χ2n) is 7.07. The molecule has 0 spiro atoms. The molecule has 0 saturated carbocycles. The Hall–Kier alpha value is -2.57. The second-order valence-corrected chi connectivity index (χ2v) is 7.07. The minimum Gasteiger partial charge on any atom is -0.454 e. The Morgan fingerprint density at radius 1 is 1.04 bits per heavy atom. The van der Waals surface area contributed by atoms with E-state index in [1.54, 1.807) is 0 Å². The van der Waals surface area contributed by atoms with Crippen molar-refractivity contribution in [2.75, 3.05) is 38.4 Å². The number of morpholine rings is 1. The van der Waals surface area contributed by atoms with Gasteiger partial charge in [0.15, 0.2) is 17.5 Å². The number of amides is 1. The van der Waals surface area contributed by atoms with Crippen molar-refractivity contribution in [2.24, 2.45) is 0 Å². The van der Waals surface area contributed by atoms with Crippen molar-refractivity contribution in [3.05, 3.63) is 53.1 Å². The number of nitrogens with one attached hydrogen (secondary N) is 2. The van der Waals surface area contributed by atoms with Crippen LogP contribution in [0.1, 0.15) is 22.7 Å². The van der Waals surface area contributed by atoms with Crippen molar-refractivity contribution in [3.8, 4) is 11.5 Å². The number of rotatable bonds is 4. The van der Waals surface area contributed by atoms with Gasteiger partial charge in [-0.25, -0.2) is 0 Å². The van der Waals surface area contributed by atoms with Crippen molar-refractivity contribution >= 4 is 11.6 Å². The zero-order chi connectivity index (χ0) is 18.8. The molecule has 142 valence electrons. The fourth-order valence-electron chi connectivity index (χ4n) is 3.79. The van der Waals surface area contributed by atoms with Gasteiger partial charge in [-0.15, -0.1) is 0 Å². The predicted octanol–water partition coefficient (Wildman–Crippen LogP) is 1.63. The van der Waals surface area contributed by atoms with E-state index >= 15 is 0 Å². The number of benzene rings is 2. The molecule has 1 fully saturated rings. The molecule has 2 N–H and O–H groups in total. The smallest absolute Gasteiger partial charge is 0.287 e. The highest BCUT2D eigenvalue weighted by Crippen LogP contribution is 2.34. The molecule has 1 atom stereocenters. The SMILES string of the molecule is Cc1cccc(C)c1NC(=O)[C@H](c1ccc2c(c1)OCO2)[NH+]1CCOCC1. The lowest BCUT2D eigenvalue weighted by Crippen LogP contribution is -3.15. The third-order valence-electron chi connectivity index (χ3n) is 5.26. The summed E-state index contributed by atoms with van der Waals surface area (Å²) >= 11 is 0. The number of para-hydroxylation sites is 1. The first-order valence-corrected chi connectivity index (χ1v) is 9.32. The average molecular weight is 369 g/mol. The van der Waals surface area contributed by atoms with Gasteiger partial charge in [-0.2, -0.15) is 0 Å². The van der Waals surface area contributed by atoms with Crippen LogP contribution in [0, 0.1) is 13.8 Å². The predicted molar refractivity (Wildman–Crippen MR) is 101 cm³/mol. The van der Waals surface area contributed by atoms with Crippen LogP contribution in [0.25, 0.3) is 0 Å². The van der Waals surface area contributed by atoms with Gasteiger partial charge in [0, 0.05) is 11.3 Å². The Kier molecular flexibility index (Phi) is 5.01. The Balaban J connectivity index is 1.66. The van der Waals surface area contributed by atoms with Crippen LogP contribution in [0.5, 0.6) is 11.5 Å². The maximum absolute atomic E-state index is 13.4. The van der Waals surface area contributed by atoms with Crippen molar-refractivity contribution in [1.29, 1.82) is 0 Å². The summed E-state index contributed by atoms with van der Waals surface area (Å²) in [5.74, 6) is 1.41. The third-order valence-corrected chi connectivity index (χ3v) is 5.26. The standard InChI is InChI=1S/C21H24N2O4/c1-14-4-3-5-15(2)19(14)22-21(24)20(23-8-10-25-11-9-23)16-6-7-17-18(12-16)27-13-26-17/h3-7,12,20H,8-11,13H2,1-2H3,(H,22,24)/p+1/t20-/m0/s1. The van der Waals surface area contributed by atoms with E-state index in [4.69, 9.17) is 14.2 Å². The molecule has 0 bridgehead atoms. The van der Waals surface area contributed by atoms with Crippen LogP contribution in [-0.2, 0) is 9.53 Å². The number of hydrogen-bond donors (Lipinski definition) is 2. The van der Waals surface area contributed by atoms with Crippen molar-refractivity contribution in [2.45, 2.75) is 19.9 Å². The Morgan fingerprint density at radius 2 is 1.74 bits per heavy atom. The maximum Gasteiger partial charge on any atom is 0.287 e. The van der Waals surface area contributed by atoms with Gasteiger partial charge in [-0.3, -0.25) is 4.79 Å².